The maximum atomic E-state index is 12.7. The summed E-state index contributed by atoms with van der Waals surface area (Å²) in [6.45, 7) is 0. The van der Waals surface area contributed by atoms with Gasteiger partial charge in [0.1, 0.15) is 11.5 Å². The molecule has 0 aliphatic heterocycles. The third-order valence-corrected chi connectivity index (χ3v) is 3.54. The van der Waals surface area contributed by atoms with E-state index in [1.54, 1.807) is 0 Å². The largest absolute Gasteiger partial charge is 0.422 e. The second-order valence-corrected chi connectivity index (χ2v) is 5.07. The molecule has 0 atom stereocenters. The molecular weight excluding hydrogens is 319 g/mol. The standard InChI is InChI=1S/C14H10F3NO5/c15-14(16,17)8-5-4-7(6-9(8)18(22)23)13(21)12-10(19)2-1-3-11(12)20/h4-6,12H,1-3H2. The smallest absolute Gasteiger partial charge is 0.298 e. The van der Waals surface area contributed by atoms with Gasteiger partial charge in [0, 0.05) is 24.5 Å². The number of nitrogens with zero attached hydrogens (tertiary/aromatic N) is 1. The van der Waals surface area contributed by atoms with E-state index in [4.69, 9.17) is 0 Å². The summed E-state index contributed by atoms with van der Waals surface area (Å²) < 4.78 is 38.2. The summed E-state index contributed by atoms with van der Waals surface area (Å²) in [6, 6.07) is 1.61. The minimum absolute atomic E-state index is 0.0187. The molecular formula is C14H10F3NO5. The highest BCUT2D eigenvalue weighted by Gasteiger charge is 2.41. The van der Waals surface area contributed by atoms with Gasteiger partial charge in [-0.3, -0.25) is 24.5 Å². The third-order valence-electron chi connectivity index (χ3n) is 3.54. The summed E-state index contributed by atoms with van der Waals surface area (Å²) in [7, 11) is 0. The van der Waals surface area contributed by atoms with Gasteiger partial charge in [0.2, 0.25) is 0 Å². The molecule has 0 heterocycles. The van der Waals surface area contributed by atoms with Gasteiger partial charge < -0.3 is 0 Å². The first kappa shape index (κ1) is 16.8. The first-order chi connectivity index (χ1) is 10.6. The van der Waals surface area contributed by atoms with Gasteiger partial charge in [-0.2, -0.15) is 13.2 Å². The van der Waals surface area contributed by atoms with Gasteiger partial charge in [-0.15, -0.1) is 0 Å². The molecule has 122 valence electrons. The van der Waals surface area contributed by atoms with Crippen LogP contribution < -0.4 is 0 Å². The molecule has 0 bridgehead atoms. The Morgan fingerprint density at radius 1 is 1.17 bits per heavy atom. The van der Waals surface area contributed by atoms with Crippen LogP contribution in [0.15, 0.2) is 18.2 Å². The molecule has 0 radical (unpaired) electrons. The van der Waals surface area contributed by atoms with Crippen molar-refractivity contribution in [3.8, 4) is 0 Å². The number of ketones is 3. The predicted octanol–water partition coefficient (Wildman–Crippen LogP) is 2.73. The third kappa shape index (κ3) is 3.27. The van der Waals surface area contributed by atoms with E-state index in [-0.39, 0.29) is 12.8 Å². The van der Waals surface area contributed by atoms with Crippen LogP contribution in [-0.2, 0) is 15.8 Å². The minimum atomic E-state index is -4.96. The average molecular weight is 329 g/mol. The molecule has 0 aromatic heterocycles. The van der Waals surface area contributed by atoms with Crippen molar-refractivity contribution in [2.45, 2.75) is 25.4 Å². The summed E-state index contributed by atoms with van der Waals surface area (Å²) >= 11 is 0. The zero-order chi connectivity index (χ0) is 17.4. The number of carbonyl (C=O) groups excluding carboxylic acids is 3. The number of rotatable bonds is 3. The number of alkyl halides is 3. The van der Waals surface area contributed by atoms with Crippen molar-refractivity contribution in [3.05, 3.63) is 39.4 Å². The monoisotopic (exact) mass is 329 g/mol. The van der Waals surface area contributed by atoms with Gasteiger partial charge in [0.05, 0.1) is 4.92 Å². The highest BCUT2D eigenvalue weighted by atomic mass is 19.4. The molecule has 1 aliphatic rings. The lowest BCUT2D eigenvalue weighted by Gasteiger charge is -2.18. The molecule has 1 fully saturated rings. The van der Waals surface area contributed by atoms with Crippen molar-refractivity contribution < 1.29 is 32.5 Å². The first-order valence-electron chi connectivity index (χ1n) is 6.58. The molecule has 1 aromatic carbocycles. The van der Waals surface area contributed by atoms with Crippen molar-refractivity contribution in [1.29, 1.82) is 0 Å². The maximum absolute atomic E-state index is 12.7. The maximum Gasteiger partial charge on any atom is 0.422 e. The molecule has 1 aromatic rings. The minimum Gasteiger partial charge on any atom is -0.298 e. The van der Waals surface area contributed by atoms with Crippen LogP contribution in [0.2, 0.25) is 0 Å². The Morgan fingerprint density at radius 2 is 1.74 bits per heavy atom. The zero-order valence-corrected chi connectivity index (χ0v) is 11.6. The van der Waals surface area contributed by atoms with Crippen LogP contribution in [-0.4, -0.2) is 22.3 Å². The number of halogens is 3. The summed E-state index contributed by atoms with van der Waals surface area (Å²) in [4.78, 5) is 45.2. The molecule has 1 aliphatic carbocycles. The van der Waals surface area contributed by atoms with E-state index in [0.717, 1.165) is 6.07 Å². The number of benzene rings is 1. The number of Topliss-reactive ketones (excluding diaryl/α,β-unsaturated/α-hetero) is 3. The van der Waals surface area contributed by atoms with Crippen LogP contribution in [0.3, 0.4) is 0 Å². The Morgan fingerprint density at radius 3 is 2.22 bits per heavy atom. The Balaban J connectivity index is 2.46. The van der Waals surface area contributed by atoms with E-state index in [2.05, 4.69) is 0 Å². The van der Waals surface area contributed by atoms with Crippen LogP contribution in [0.4, 0.5) is 18.9 Å². The van der Waals surface area contributed by atoms with Crippen molar-refractivity contribution in [1.82, 2.24) is 0 Å². The molecule has 0 spiro atoms. The molecule has 0 unspecified atom stereocenters. The summed E-state index contributed by atoms with van der Waals surface area (Å²) in [5.41, 5.74) is -3.25. The Kier molecular flexibility index (Phi) is 4.31. The van der Waals surface area contributed by atoms with Gasteiger partial charge in [0.25, 0.3) is 5.69 Å². The number of carbonyl (C=O) groups is 3. The van der Waals surface area contributed by atoms with E-state index in [1.807, 2.05) is 0 Å². The lowest BCUT2D eigenvalue weighted by atomic mass is 9.81. The van der Waals surface area contributed by atoms with Crippen LogP contribution in [0, 0.1) is 16.0 Å². The summed E-state index contributed by atoms with van der Waals surface area (Å²) in [5, 5.41) is 10.8. The van der Waals surface area contributed by atoms with E-state index in [1.165, 1.54) is 0 Å². The Labute approximate surface area is 127 Å². The Hall–Kier alpha value is -2.58. The molecule has 0 saturated heterocycles. The topological polar surface area (TPSA) is 94.3 Å². The lowest BCUT2D eigenvalue weighted by Crippen LogP contribution is -2.35. The van der Waals surface area contributed by atoms with Crippen LogP contribution in [0.5, 0.6) is 0 Å². The fourth-order valence-corrected chi connectivity index (χ4v) is 2.44. The van der Waals surface area contributed by atoms with Crippen molar-refractivity contribution in [2.75, 3.05) is 0 Å². The zero-order valence-electron chi connectivity index (χ0n) is 11.6. The van der Waals surface area contributed by atoms with Crippen LogP contribution in [0.1, 0.15) is 35.2 Å². The average Bonchev–Trinajstić information content (AvgIpc) is 2.45. The van der Waals surface area contributed by atoms with Crippen molar-refractivity contribution in [2.24, 2.45) is 5.92 Å². The van der Waals surface area contributed by atoms with Crippen molar-refractivity contribution in [3.63, 3.8) is 0 Å². The number of nitro groups is 1. The Bertz CT molecular complexity index is 695. The van der Waals surface area contributed by atoms with Crippen molar-refractivity contribution >= 4 is 23.0 Å². The highest BCUT2D eigenvalue weighted by molar-refractivity contribution is 6.25. The predicted molar refractivity (Wildman–Crippen MR) is 69.8 cm³/mol. The highest BCUT2D eigenvalue weighted by Crippen LogP contribution is 2.37. The van der Waals surface area contributed by atoms with E-state index >= 15 is 0 Å². The van der Waals surface area contributed by atoms with Crippen LogP contribution in [0.25, 0.3) is 0 Å². The number of nitro benzene ring substituents is 1. The molecule has 6 nitrogen and oxygen atoms in total. The molecule has 0 N–H and O–H groups in total. The molecule has 23 heavy (non-hydrogen) atoms. The van der Waals surface area contributed by atoms with E-state index < -0.39 is 51.2 Å². The fourth-order valence-electron chi connectivity index (χ4n) is 2.44. The first-order valence-corrected chi connectivity index (χ1v) is 6.58. The fraction of sp³-hybridized carbons (Fsp3) is 0.357. The van der Waals surface area contributed by atoms with E-state index in [9.17, 15) is 37.7 Å². The number of hydrogen-bond donors (Lipinski definition) is 0. The second-order valence-electron chi connectivity index (χ2n) is 5.07. The number of hydrogen-bond acceptors (Lipinski definition) is 5. The van der Waals surface area contributed by atoms with Gasteiger partial charge in [0.15, 0.2) is 17.3 Å². The quantitative estimate of drug-likeness (QED) is 0.368. The summed E-state index contributed by atoms with van der Waals surface area (Å²) in [5.74, 6) is -3.82. The molecule has 0 amide bonds. The lowest BCUT2D eigenvalue weighted by molar-refractivity contribution is -0.388. The molecule has 2 rings (SSSR count). The second kappa shape index (κ2) is 5.90. The van der Waals surface area contributed by atoms with Crippen LogP contribution >= 0.6 is 0 Å². The van der Waals surface area contributed by atoms with Gasteiger partial charge in [-0.05, 0) is 12.5 Å². The molecule has 9 heteroatoms. The molecule has 1 saturated carbocycles. The van der Waals surface area contributed by atoms with Gasteiger partial charge >= 0.3 is 6.18 Å². The van der Waals surface area contributed by atoms with Gasteiger partial charge in [-0.25, -0.2) is 0 Å². The normalized spacial score (nSPS) is 16.5. The summed E-state index contributed by atoms with van der Waals surface area (Å²) in [6.07, 6.45) is -4.61. The van der Waals surface area contributed by atoms with Gasteiger partial charge in [-0.1, -0.05) is 6.07 Å². The van der Waals surface area contributed by atoms with E-state index in [0.29, 0.717) is 18.6 Å². The SMILES string of the molecule is O=C1CCCC(=O)C1C(=O)c1ccc(C(F)(F)F)c([N+](=O)[O-])c1.